The van der Waals surface area contributed by atoms with E-state index in [0.29, 0.717) is 5.69 Å². The maximum Gasteiger partial charge on any atom is 0.280 e. The van der Waals surface area contributed by atoms with Crippen molar-refractivity contribution in [3.8, 4) is 23.3 Å². The summed E-state index contributed by atoms with van der Waals surface area (Å²) in [4.78, 5) is 23.0. The maximum absolute atomic E-state index is 12.3. The van der Waals surface area contributed by atoms with Gasteiger partial charge in [0.25, 0.3) is 11.6 Å². The van der Waals surface area contributed by atoms with Crippen molar-refractivity contribution in [1.29, 1.82) is 5.26 Å². The number of nitrogens with one attached hydrogen (secondary N) is 1. The maximum atomic E-state index is 12.3. The number of methoxy groups -OCH3 is 2. The number of nitro benzene ring substituents is 1. The molecule has 0 aliphatic heterocycles. The average Bonchev–Trinajstić information content (AvgIpc) is 2.66. The molecular formula is C18H15N3O6. The van der Waals surface area contributed by atoms with Crippen LogP contribution in [0.4, 0.5) is 11.4 Å². The number of nitriles is 1. The van der Waals surface area contributed by atoms with Gasteiger partial charge in [0, 0.05) is 5.69 Å². The van der Waals surface area contributed by atoms with Crippen LogP contribution in [0.25, 0.3) is 6.08 Å². The average molecular weight is 369 g/mol. The van der Waals surface area contributed by atoms with Gasteiger partial charge in [0.15, 0.2) is 11.5 Å². The molecule has 0 fully saturated rings. The monoisotopic (exact) mass is 369 g/mol. The van der Waals surface area contributed by atoms with Gasteiger partial charge in [0.1, 0.15) is 17.4 Å². The topological polar surface area (TPSA) is 135 Å². The van der Waals surface area contributed by atoms with Gasteiger partial charge >= 0.3 is 0 Å². The molecule has 9 nitrogen and oxygen atoms in total. The molecule has 0 saturated carbocycles. The van der Waals surface area contributed by atoms with Gasteiger partial charge in [-0.2, -0.15) is 5.26 Å². The molecule has 2 aromatic carbocycles. The number of phenolic OH excluding ortho intramolecular Hbond substituents is 1. The minimum Gasteiger partial charge on any atom is -0.508 e. The van der Waals surface area contributed by atoms with Crippen LogP contribution in [0, 0.1) is 21.4 Å². The first-order valence-corrected chi connectivity index (χ1v) is 7.52. The van der Waals surface area contributed by atoms with Crippen molar-refractivity contribution in [2.24, 2.45) is 0 Å². The summed E-state index contributed by atoms with van der Waals surface area (Å²) in [6.45, 7) is 0. The zero-order valence-corrected chi connectivity index (χ0v) is 14.4. The van der Waals surface area contributed by atoms with Crippen molar-refractivity contribution >= 4 is 23.4 Å². The van der Waals surface area contributed by atoms with E-state index in [1.54, 1.807) is 6.07 Å². The highest BCUT2D eigenvalue weighted by molar-refractivity contribution is 6.10. The Morgan fingerprint density at radius 2 is 1.81 bits per heavy atom. The smallest absolute Gasteiger partial charge is 0.280 e. The number of hydrogen-bond acceptors (Lipinski definition) is 7. The van der Waals surface area contributed by atoms with Crippen molar-refractivity contribution in [3.05, 3.63) is 57.6 Å². The van der Waals surface area contributed by atoms with Crippen LogP contribution in [0.5, 0.6) is 17.2 Å². The van der Waals surface area contributed by atoms with Gasteiger partial charge in [-0.3, -0.25) is 14.9 Å². The predicted molar refractivity (Wildman–Crippen MR) is 96.5 cm³/mol. The summed E-state index contributed by atoms with van der Waals surface area (Å²) < 4.78 is 10.1. The van der Waals surface area contributed by atoms with Crippen LogP contribution < -0.4 is 14.8 Å². The lowest BCUT2D eigenvalue weighted by atomic mass is 10.1. The summed E-state index contributed by atoms with van der Waals surface area (Å²) in [6.07, 6.45) is 1.09. The fraction of sp³-hybridized carbons (Fsp3) is 0.111. The predicted octanol–water partition coefficient (Wildman–Crippen LogP) is 2.86. The largest absolute Gasteiger partial charge is 0.508 e. The van der Waals surface area contributed by atoms with Crippen LogP contribution in [0.2, 0.25) is 0 Å². The minimum absolute atomic E-state index is 0.00931. The molecule has 0 spiro atoms. The number of carbonyl (C=O) groups is 1. The van der Waals surface area contributed by atoms with Crippen LogP contribution in [0.3, 0.4) is 0 Å². The lowest BCUT2D eigenvalue weighted by molar-refractivity contribution is -0.385. The minimum atomic E-state index is -0.757. The molecule has 1 amide bonds. The summed E-state index contributed by atoms with van der Waals surface area (Å²) in [7, 11) is 2.70. The molecule has 0 aliphatic carbocycles. The zero-order chi connectivity index (χ0) is 20.0. The standard InChI is InChI=1S/C18H15N3O6/c1-26-16-8-11(15(21(24)25)9-17(16)27-2)7-12(10-19)18(23)20-13-3-5-14(22)6-4-13/h3-9,22H,1-2H3,(H,20,23)/b12-7-. The summed E-state index contributed by atoms with van der Waals surface area (Å²) >= 11 is 0. The van der Waals surface area contributed by atoms with Crippen molar-refractivity contribution in [2.45, 2.75) is 0 Å². The summed E-state index contributed by atoms with van der Waals surface area (Å²) in [5.41, 5.74) is -0.341. The molecule has 0 radical (unpaired) electrons. The highest BCUT2D eigenvalue weighted by atomic mass is 16.6. The van der Waals surface area contributed by atoms with Crippen LogP contribution in [0.1, 0.15) is 5.56 Å². The second-order valence-corrected chi connectivity index (χ2v) is 5.19. The van der Waals surface area contributed by atoms with Crippen LogP contribution >= 0.6 is 0 Å². The SMILES string of the molecule is COc1cc(/C=C(/C#N)C(=O)Nc2ccc(O)cc2)c([N+](=O)[O-])cc1OC. The number of aromatic hydroxyl groups is 1. The summed E-state index contributed by atoms with van der Waals surface area (Å²) in [5.74, 6) is -0.378. The molecule has 0 saturated heterocycles. The second-order valence-electron chi connectivity index (χ2n) is 5.19. The second kappa shape index (κ2) is 8.35. The Morgan fingerprint density at radius 1 is 1.22 bits per heavy atom. The third-order valence-electron chi connectivity index (χ3n) is 3.52. The Balaban J connectivity index is 2.43. The summed E-state index contributed by atoms with van der Waals surface area (Å²) in [5, 5.41) is 32.3. The van der Waals surface area contributed by atoms with Gasteiger partial charge in [-0.1, -0.05) is 0 Å². The fourth-order valence-electron chi connectivity index (χ4n) is 2.20. The van der Waals surface area contributed by atoms with E-state index >= 15 is 0 Å². The van der Waals surface area contributed by atoms with Gasteiger partial charge < -0.3 is 19.9 Å². The lowest BCUT2D eigenvalue weighted by Crippen LogP contribution is -2.13. The molecule has 2 aromatic rings. The van der Waals surface area contributed by atoms with Crippen molar-refractivity contribution in [3.63, 3.8) is 0 Å². The van der Waals surface area contributed by atoms with E-state index in [2.05, 4.69) is 5.32 Å². The number of phenols is 1. The van der Waals surface area contributed by atoms with E-state index in [1.807, 2.05) is 0 Å². The van der Waals surface area contributed by atoms with Crippen LogP contribution in [-0.4, -0.2) is 30.2 Å². The molecule has 0 aromatic heterocycles. The molecule has 138 valence electrons. The van der Waals surface area contributed by atoms with E-state index in [1.165, 1.54) is 44.6 Å². The number of carbonyl (C=O) groups excluding carboxylic acids is 1. The van der Waals surface area contributed by atoms with E-state index in [4.69, 9.17) is 9.47 Å². The molecule has 0 unspecified atom stereocenters. The first kappa shape index (κ1) is 19.3. The number of benzene rings is 2. The Hall–Kier alpha value is -4.06. The van der Waals surface area contributed by atoms with Crippen molar-refractivity contribution < 1.29 is 24.3 Å². The number of amides is 1. The molecule has 0 heterocycles. The van der Waals surface area contributed by atoms with Crippen LogP contribution in [-0.2, 0) is 4.79 Å². The molecule has 0 aliphatic rings. The summed E-state index contributed by atoms with van der Waals surface area (Å²) in [6, 6.07) is 9.80. The number of ether oxygens (including phenoxy) is 2. The van der Waals surface area contributed by atoms with E-state index in [9.17, 15) is 25.3 Å². The van der Waals surface area contributed by atoms with Gasteiger partial charge in [-0.25, -0.2) is 0 Å². The molecule has 9 heteroatoms. The van der Waals surface area contributed by atoms with Gasteiger partial charge in [0.05, 0.1) is 30.8 Å². The normalized spacial score (nSPS) is 10.6. The molecule has 27 heavy (non-hydrogen) atoms. The third-order valence-corrected chi connectivity index (χ3v) is 3.52. The molecule has 2 rings (SSSR count). The van der Waals surface area contributed by atoms with Crippen LogP contribution in [0.15, 0.2) is 42.0 Å². The number of hydrogen-bond donors (Lipinski definition) is 2. The zero-order valence-electron chi connectivity index (χ0n) is 14.4. The van der Waals surface area contributed by atoms with Crippen molar-refractivity contribution in [1.82, 2.24) is 0 Å². The molecule has 0 bridgehead atoms. The quantitative estimate of drug-likeness (QED) is 0.263. The first-order valence-electron chi connectivity index (χ1n) is 7.52. The Morgan fingerprint density at radius 3 is 2.33 bits per heavy atom. The van der Waals surface area contributed by atoms with E-state index in [-0.39, 0.29) is 34.1 Å². The highest BCUT2D eigenvalue weighted by Gasteiger charge is 2.20. The van der Waals surface area contributed by atoms with Gasteiger partial charge in [-0.05, 0) is 36.4 Å². The van der Waals surface area contributed by atoms with Gasteiger partial charge in [-0.15, -0.1) is 0 Å². The number of nitro groups is 1. The van der Waals surface area contributed by atoms with E-state index < -0.39 is 10.8 Å². The first-order chi connectivity index (χ1) is 12.9. The Labute approximate surface area is 154 Å². The fourth-order valence-corrected chi connectivity index (χ4v) is 2.20. The highest BCUT2D eigenvalue weighted by Crippen LogP contribution is 2.35. The molecular weight excluding hydrogens is 354 g/mol. The van der Waals surface area contributed by atoms with Crippen molar-refractivity contribution in [2.75, 3.05) is 19.5 Å². The van der Waals surface area contributed by atoms with Gasteiger partial charge in [0.2, 0.25) is 0 Å². The number of nitrogens with zero attached hydrogens (tertiary/aromatic N) is 2. The third kappa shape index (κ3) is 4.52. The molecule has 0 atom stereocenters. The number of anilines is 1. The number of rotatable bonds is 6. The Bertz CT molecular complexity index is 945. The molecule has 2 N–H and O–H groups in total. The van der Waals surface area contributed by atoms with E-state index in [0.717, 1.165) is 12.1 Å². The lowest BCUT2D eigenvalue weighted by Gasteiger charge is -2.09. The Kier molecular flexibility index (Phi) is 5.96.